The van der Waals surface area contributed by atoms with Crippen LogP contribution in [0.3, 0.4) is 0 Å². The fourth-order valence-corrected chi connectivity index (χ4v) is 4.62. The Kier molecular flexibility index (Phi) is 15.1. The van der Waals surface area contributed by atoms with Crippen molar-refractivity contribution in [2.45, 2.75) is 98.1 Å². The first-order valence-corrected chi connectivity index (χ1v) is 15.7. The van der Waals surface area contributed by atoms with E-state index in [2.05, 4.69) is 28.5 Å². The maximum atomic E-state index is 11.6. The van der Waals surface area contributed by atoms with Crippen LogP contribution in [0.25, 0.3) is 6.08 Å². The monoisotopic (exact) mass is 652 g/mol. The van der Waals surface area contributed by atoms with Gasteiger partial charge in [0.05, 0.1) is 25.3 Å². The second-order valence-electron chi connectivity index (χ2n) is 13.0. The van der Waals surface area contributed by atoms with Crippen molar-refractivity contribution in [1.29, 1.82) is 0 Å². The number of aliphatic hydroxyl groups is 2. The number of carbonyl (C=O) groups excluding carboxylic acids is 2. The molecule has 4 N–H and O–H groups in total. The van der Waals surface area contributed by atoms with Gasteiger partial charge in [0, 0.05) is 12.1 Å². The van der Waals surface area contributed by atoms with Crippen LogP contribution in [0, 0.1) is 11.8 Å². The van der Waals surface area contributed by atoms with Gasteiger partial charge in [0.25, 0.3) is 0 Å². The standard InChI is InChI=1S/C18H27NO4.C18H21NO4.CH4/c2*1-18(2,3)23-17(21)19-11-5-8-13-6-4-7-14-9-10-15(12-20)22-16(13)14;/h4,6-7,15,20H,5,8-12H2,1-3H3,(H,19,21);4,6-7,9-10,15,20H,11-12H2,1-3H3,(H,19,21);1H4/t2*15-;/m11./s1. The highest BCUT2D eigenvalue weighted by Crippen LogP contribution is 2.32. The van der Waals surface area contributed by atoms with Crippen molar-refractivity contribution < 1.29 is 38.7 Å². The van der Waals surface area contributed by atoms with Gasteiger partial charge >= 0.3 is 12.2 Å². The molecule has 2 aromatic carbocycles. The number of ether oxygens (including phenoxy) is 4. The van der Waals surface area contributed by atoms with Crippen molar-refractivity contribution in [3.63, 3.8) is 0 Å². The number of hydrogen-bond acceptors (Lipinski definition) is 8. The first-order valence-electron chi connectivity index (χ1n) is 15.7. The molecule has 0 saturated carbocycles. The van der Waals surface area contributed by atoms with E-state index in [1.165, 1.54) is 5.56 Å². The lowest BCUT2D eigenvalue weighted by Gasteiger charge is -2.26. The molecule has 10 nitrogen and oxygen atoms in total. The Hall–Kier alpha value is -4.20. The number of para-hydroxylation sites is 2. The Morgan fingerprint density at radius 2 is 1.60 bits per heavy atom. The fraction of sp³-hybridized carbons (Fsp3) is 0.514. The lowest BCUT2D eigenvalue weighted by Crippen LogP contribution is -2.33. The number of aryl methyl sites for hydroxylation is 2. The number of amides is 2. The van der Waals surface area contributed by atoms with Crippen molar-refractivity contribution in [1.82, 2.24) is 10.6 Å². The summed E-state index contributed by atoms with van der Waals surface area (Å²) < 4.78 is 21.9. The Balaban J connectivity index is 0.000000320. The first kappa shape index (κ1) is 39.0. The third kappa shape index (κ3) is 13.6. The number of hydrogen-bond donors (Lipinski definition) is 4. The predicted molar refractivity (Wildman–Crippen MR) is 184 cm³/mol. The summed E-state index contributed by atoms with van der Waals surface area (Å²) in [6.45, 7) is 11.6. The highest BCUT2D eigenvalue weighted by Gasteiger charge is 2.22. The van der Waals surface area contributed by atoms with Crippen LogP contribution >= 0.6 is 0 Å². The number of carbonyl (C=O) groups is 2. The minimum absolute atomic E-state index is 0. The van der Waals surface area contributed by atoms with E-state index in [0.29, 0.717) is 12.3 Å². The second kappa shape index (κ2) is 18.2. The molecule has 47 heavy (non-hydrogen) atoms. The molecule has 0 radical (unpaired) electrons. The van der Waals surface area contributed by atoms with Gasteiger partial charge in [-0.3, -0.25) is 0 Å². The molecule has 258 valence electrons. The Morgan fingerprint density at radius 1 is 0.915 bits per heavy atom. The molecular formula is C37H52N2O8. The second-order valence-corrected chi connectivity index (χ2v) is 13.0. The van der Waals surface area contributed by atoms with Gasteiger partial charge in [-0.25, -0.2) is 9.59 Å². The maximum Gasteiger partial charge on any atom is 0.408 e. The zero-order chi connectivity index (χ0) is 33.7. The third-order valence-corrected chi connectivity index (χ3v) is 6.62. The summed E-state index contributed by atoms with van der Waals surface area (Å²) in [6, 6.07) is 11.8. The topological polar surface area (TPSA) is 136 Å². The first-order chi connectivity index (χ1) is 21.8. The molecule has 2 heterocycles. The number of fused-ring (bicyclic) bond motifs is 2. The average molecular weight is 653 g/mol. The maximum absolute atomic E-state index is 11.6. The van der Waals surface area contributed by atoms with Gasteiger partial charge in [-0.2, -0.15) is 0 Å². The summed E-state index contributed by atoms with van der Waals surface area (Å²) in [5.41, 5.74) is 2.96. The number of nitrogens with one attached hydrogen (secondary N) is 2. The van der Waals surface area contributed by atoms with Gasteiger partial charge < -0.3 is 39.8 Å². The quantitative estimate of drug-likeness (QED) is 0.218. The molecule has 2 aliphatic rings. The SMILES string of the molecule is C.CC(C)(C)OC(=O)NCC#Cc1cccc2c1O[C@@H](CO)C=C2.CC(C)(C)OC(=O)NCCCc1cccc2c1O[C@@H](CO)CC2. The zero-order valence-corrected chi connectivity index (χ0v) is 27.8. The summed E-state index contributed by atoms with van der Waals surface area (Å²) in [4.78, 5) is 23.1. The van der Waals surface area contributed by atoms with Crippen LogP contribution in [0.15, 0.2) is 42.5 Å². The highest BCUT2D eigenvalue weighted by atomic mass is 16.6. The summed E-state index contributed by atoms with van der Waals surface area (Å²) in [6.07, 6.45) is 5.78. The Morgan fingerprint density at radius 3 is 2.26 bits per heavy atom. The van der Waals surface area contributed by atoms with Gasteiger partial charge in [0.15, 0.2) is 0 Å². The van der Waals surface area contributed by atoms with Crippen molar-refractivity contribution in [3.8, 4) is 23.3 Å². The van der Waals surface area contributed by atoms with E-state index >= 15 is 0 Å². The predicted octanol–water partition coefficient (Wildman–Crippen LogP) is 5.80. The van der Waals surface area contributed by atoms with Crippen LogP contribution in [0.5, 0.6) is 11.5 Å². The molecule has 4 rings (SSSR count). The minimum Gasteiger partial charge on any atom is -0.487 e. The van der Waals surface area contributed by atoms with Gasteiger partial charge in [0.2, 0.25) is 0 Å². The van der Waals surface area contributed by atoms with Crippen LogP contribution in [-0.4, -0.2) is 72.1 Å². The molecule has 0 aliphatic carbocycles. The molecule has 2 aliphatic heterocycles. The summed E-state index contributed by atoms with van der Waals surface area (Å²) in [7, 11) is 0. The molecule has 0 unspecified atom stereocenters. The number of rotatable bonds is 7. The molecule has 2 atom stereocenters. The summed E-state index contributed by atoms with van der Waals surface area (Å²) in [5, 5.41) is 23.8. The normalized spacial score (nSPS) is 16.1. The average Bonchev–Trinajstić information content (AvgIpc) is 2.99. The number of aliphatic hydroxyl groups excluding tert-OH is 2. The van der Waals surface area contributed by atoms with Crippen LogP contribution in [0.2, 0.25) is 0 Å². The summed E-state index contributed by atoms with van der Waals surface area (Å²) >= 11 is 0. The van der Waals surface area contributed by atoms with Crippen molar-refractivity contribution in [2.75, 3.05) is 26.3 Å². The van der Waals surface area contributed by atoms with E-state index in [9.17, 15) is 19.8 Å². The molecular weight excluding hydrogens is 600 g/mol. The van der Waals surface area contributed by atoms with Crippen molar-refractivity contribution in [2.24, 2.45) is 0 Å². The van der Waals surface area contributed by atoms with Gasteiger partial charge in [-0.05, 0) is 90.5 Å². The molecule has 2 amide bonds. The number of benzene rings is 2. The lowest BCUT2D eigenvalue weighted by molar-refractivity contribution is 0.0519. The smallest absolute Gasteiger partial charge is 0.408 e. The molecule has 0 fully saturated rings. The van der Waals surface area contributed by atoms with E-state index in [1.807, 2.05) is 63.3 Å². The van der Waals surface area contributed by atoms with Crippen LogP contribution in [-0.2, 0) is 22.3 Å². The summed E-state index contributed by atoms with van der Waals surface area (Å²) in [5.74, 6) is 7.41. The molecule has 0 spiro atoms. The highest BCUT2D eigenvalue weighted by molar-refractivity contribution is 5.69. The van der Waals surface area contributed by atoms with E-state index in [4.69, 9.17) is 18.9 Å². The minimum atomic E-state index is -0.532. The Bertz CT molecular complexity index is 1410. The van der Waals surface area contributed by atoms with E-state index < -0.39 is 17.3 Å². The van der Waals surface area contributed by atoms with E-state index in [-0.39, 0.29) is 45.5 Å². The molecule has 2 aromatic rings. The number of alkyl carbamates (subject to hydrolysis) is 2. The van der Waals surface area contributed by atoms with E-state index in [0.717, 1.165) is 48.1 Å². The van der Waals surface area contributed by atoms with Crippen molar-refractivity contribution >= 4 is 18.3 Å². The fourth-order valence-electron chi connectivity index (χ4n) is 4.62. The van der Waals surface area contributed by atoms with E-state index in [1.54, 1.807) is 20.8 Å². The third-order valence-electron chi connectivity index (χ3n) is 6.62. The Labute approximate surface area is 279 Å². The molecule has 0 bridgehead atoms. The zero-order valence-electron chi connectivity index (χ0n) is 27.8. The molecule has 0 aromatic heterocycles. The van der Waals surface area contributed by atoms with Crippen LogP contribution in [0.4, 0.5) is 9.59 Å². The molecule has 10 heteroatoms. The largest absolute Gasteiger partial charge is 0.487 e. The lowest BCUT2D eigenvalue weighted by atomic mass is 9.97. The van der Waals surface area contributed by atoms with Crippen LogP contribution in [0.1, 0.15) is 84.1 Å². The van der Waals surface area contributed by atoms with Crippen LogP contribution < -0.4 is 20.1 Å². The molecule has 0 saturated heterocycles. The van der Waals surface area contributed by atoms with Gasteiger partial charge in [-0.15, -0.1) is 0 Å². The van der Waals surface area contributed by atoms with Gasteiger partial charge in [-0.1, -0.05) is 55.7 Å². The van der Waals surface area contributed by atoms with Crippen molar-refractivity contribution in [3.05, 3.63) is 64.7 Å². The van der Waals surface area contributed by atoms with Gasteiger partial charge in [0.1, 0.15) is 34.9 Å².